The molecule has 0 spiro atoms. The Kier molecular flexibility index (Phi) is 16.3. The lowest BCUT2D eigenvalue weighted by Crippen LogP contribution is -2.03. The van der Waals surface area contributed by atoms with E-state index in [2.05, 4.69) is 27.7 Å². The van der Waals surface area contributed by atoms with Gasteiger partial charge in [0.2, 0.25) is 0 Å². The molecule has 0 aliphatic rings. The van der Waals surface area contributed by atoms with Gasteiger partial charge in [-0.1, -0.05) is 90.9 Å². The fraction of sp³-hybridized carbons (Fsp3) is 1.00. The Morgan fingerprint density at radius 1 is 0.619 bits per heavy atom. The number of hydrogen-bond acceptors (Lipinski definition) is 1. The van der Waals surface area contributed by atoms with Crippen LogP contribution in [-0.2, 0) is 4.74 Å². The van der Waals surface area contributed by atoms with E-state index in [9.17, 15) is 0 Å². The first-order chi connectivity index (χ1) is 10.2. The SMILES string of the molecule is CCC(C)CCCCCCCCCCCCCOC(C)C. The highest BCUT2D eigenvalue weighted by Gasteiger charge is 1.98. The molecule has 0 fully saturated rings. The summed E-state index contributed by atoms with van der Waals surface area (Å²) in [7, 11) is 0. The van der Waals surface area contributed by atoms with E-state index in [4.69, 9.17) is 4.74 Å². The Morgan fingerprint density at radius 3 is 1.48 bits per heavy atom. The van der Waals surface area contributed by atoms with Crippen molar-refractivity contribution in [1.29, 1.82) is 0 Å². The van der Waals surface area contributed by atoms with Gasteiger partial charge in [0.05, 0.1) is 6.10 Å². The van der Waals surface area contributed by atoms with Crippen LogP contribution in [0.4, 0.5) is 0 Å². The van der Waals surface area contributed by atoms with Gasteiger partial charge in [0, 0.05) is 6.61 Å². The van der Waals surface area contributed by atoms with Gasteiger partial charge in [-0.3, -0.25) is 0 Å². The van der Waals surface area contributed by atoms with E-state index >= 15 is 0 Å². The van der Waals surface area contributed by atoms with E-state index in [1.807, 2.05) is 0 Å². The summed E-state index contributed by atoms with van der Waals surface area (Å²) in [6.45, 7) is 9.88. The smallest absolute Gasteiger partial charge is 0.0518 e. The zero-order valence-electron chi connectivity index (χ0n) is 15.5. The largest absolute Gasteiger partial charge is 0.379 e. The Balaban J connectivity index is 2.99. The number of rotatable bonds is 16. The predicted molar refractivity (Wildman–Crippen MR) is 95.9 cm³/mol. The molecule has 0 saturated heterocycles. The number of ether oxygens (including phenoxy) is 1. The zero-order valence-corrected chi connectivity index (χ0v) is 15.5. The Morgan fingerprint density at radius 2 is 1.05 bits per heavy atom. The second-order valence-corrected chi connectivity index (χ2v) is 7.11. The third kappa shape index (κ3) is 17.9. The standard InChI is InChI=1S/C20H42O/c1-5-20(4)17-15-13-11-9-7-6-8-10-12-14-16-18-21-19(2)3/h19-20H,5-18H2,1-4H3. The summed E-state index contributed by atoms with van der Waals surface area (Å²) in [5, 5.41) is 0. The molecule has 128 valence electrons. The van der Waals surface area contributed by atoms with Crippen molar-refractivity contribution < 1.29 is 4.74 Å². The van der Waals surface area contributed by atoms with Gasteiger partial charge in [-0.25, -0.2) is 0 Å². The van der Waals surface area contributed by atoms with Crippen molar-refractivity contribution >= 4 is 0 Å². The topological polar surface area (TPSA) is 9.23 Å². The van der Waals surface area contributed by atoms with Crippen molar-refractivity contribution in [3.05, 3.63) is 0 Å². The van der Waals surface area contributed by atoms with Crippen LogP contribution in [0.25, 0.3) is 0 Å². The van der Waals surface area contributed by atoms with Crippen LogP contribution in [0.5, 0.6) is 0 Å². The highest BCUT2D eigenvalue weighted by Crippen LogP contribution is 2.15. The van der Waals surface area contributed by atoms with Gasteiger partial charge in [-0.05, 0) is 26.2 Å². The van der Waals surface area contributed by atoms with E-state index in [0.29, 0.717) is 6.10 Å². The zero-order chi connectivity index (χ0) is 15.8. The van der Waals surface area contributed by atoms with Crippen LogP contribution in [0.15, 0.2) is 0 Å². The fourth-order valence-corrected chi connectivity index (χ4v) is 2.71. The molecular weight excluding hydrogens is 256 g/mol. The predicted octanol–water partition coefficient (Wildman–Crippen LogP) is 7.14. The average molecular weight is 299 g/mol. The van der Waals surface area contributed by atoms with E-state index in [1.54, 1.807) is 0 Å². The Bertz CT molecular complexity index is 188. The molecule has 0 aliphatic carbocycles. The van der Waals surface area contributed by atoms with Crippen LogP contribution < -0.4 is 0 Å². The van der Waals surface area contributed by atoms with Crippen LogP contribution in [0, 0.1) is 5.92 Å². The molecule has 0 N–H and O–H groups in total. The van der Waals surface area contributed by atoms with Crippen molar-refractivity contribution in [1.82, 2.24) is 0 Å². The maximum Gasteiger partial charge on any atom is 0.0518 e. The highest BCUT2D eigenvalue weighted by molar-refractivity contribution is 4.52. The summed E-state index contributed by atoms with van der Waals surface area (Å²) in [5.74, 6) is 0.941. The van der Waals surface area contributed by atoms with Gasteiger partial charge >= 0.3 is 0 Å². The van der Waals surface area contributed by atoms with E-state index in [1.165, 1.54) is 83.5 Å². The van der Waals surface area contributed by atoms with Crippen LogP contribution in [0.2, 0.25) is 0 Å². The van der Waals surface area contributed by atoms with Crippen molar-refractivity contribution in [2.24, 2.45) is 5.92 Å². The molecule has 0 bridgehead atoms. The van der Waals surface area contributed by atoms with E-state index in [0.717, 1.165) is 12.5 Å². The Labute approximate surface area is 135 Å². The average Bonchev–Trinajstić information content (AvgIpc) is 2.46. The monoisotopic (exact) mass is 298 g/mol. The first-order valence-corrected chi connectivity index (χ1v) is 9.78. The lowest BCUT2D eigenvalue weighted by Gasteiger charge is -2.07. The lowest BCUT2D eigenvalue weighted by molar-refractivity contribution is 0.0756. The third-order valence-corrected chi connectivity index (χ3v) is 4.49. The molecule has 0 aromatic rings. The van der Waals surface area contributed by atoms with Gasteiger partial charge in [0.1, 0.15) is 0 Å². The van der Waals surface area contributed by atoms with Gasteiger partial charge in [-0.15, -0.1) is 0 Å². The second kappa shape index (κ2) is 16.3. The van der Waals surface area contributed by atoms with Crippen LogP contribution >= 0.6 is 0 Å². The molecule has 1 nitrogen and oxygen atoms in total. The van der Waals surface area contributed by atoms with Crippen molar-refractivity contribution in [3.8, 4) is 0 Å². The molecule has 21 heavy (non-hydrogen) atoms. The van der Waals surface area contributed by atoms with E-state index in [-0.39, 0.29) is 0 Å². The van der Waals surface area contributed by atoms with E-state index < -0.39 is 0 Å². The molecule has 0 heterocycles. The number of unbranched alkanes of at least 4 members (excludes halogenated alkanes) is 10. The molecule has 0 rings (SSSR count). The lowest BCUT2D eigenvalue weighted by atomic mass is 9.99. The molecule has 1 atom stereocenters. The maximum absolute atomic E-state index is 5.56. The van der Waals surface area contributed by atoms with Crippen LogP contribution in [0.3, 0.4) is 0 Å². The molecular formula is C20H42O. The van der Waals surface area contributed by atoms with Gasteiger partial charge in [-0.2, -0.15) is 0 Å². The van der Waals surface area contributed by atoms with Gasteiger partial charge < -0.3 is 4.74 Å². The van der Waals surface area contributed by atoms with Crippen molar-refractivity contribution in [2.45, 2.75) is 117 Å². The molecule has 0 aromatic carbocycles. The van der Waals surface area contributed by atoms with Crippen LogP contribution in [-0.4, -0.2) is 12.7 Å². The van der Waals surface area contributed by atoms with Gasteiger partial charge in [0.15, 0.2) is 0 Å². The molecule has 0 saturated carbocycles. The minimum absolute atomic E-state index is 0.398. The van der Waals surface area contributed by atoms with Crippen LogP contribution in [0.1, 0.15) is 111 Å². The fourth-order valence-electron chi connectivity index (χ4n) is 2.71. The summed E-state index contributed by atoms with van der Waals surface area (Å²) in [5.41, 5.74) is 0. The first-order valence-electron chi connectivity index (χ1n) is 9.78. The van der Waals surface area contributed by atoms with Crippen molar-refractivity contribution in [3.63, 3.8) is 0 Å². The highest BCUT2D eigenvalue weighted by atomic mass is 16.5. The normalized spacial score (nSPS) is 13.0. The summed E-state index contributed by atoms with van der Waals surface area (Å²) >= 11 is 0. The third-order valence-electron chi connectivity index (χ3n) is 4.49. The summed E-state index contributed by atoms with van der Waals surface area (Å²) in [6.07, 6.45) is 18.8. The summed E-state index contributed by atoms with van der Waals surface area (Å²) in [4.78, 5) is 0. The summed E-state index contributed by atoms with van der Waals surface area (Å²) in [6, 6.07) is 0. The first kappa shape index (κ1) is 21.0. The molecule has 1 heteroatoms. The second-order valence-electron chi connectivity index (χ2n) is 7.11. The molecule has 0 amide bonds. The molecule has 0 radical (unpaired) electrons. The Hall–Kier alpha value is -0.0400. The minimum atomic E-state index is 0.398. The molecule has 0 aliphatic heterocycles. The van der Waals surface area contributed by atoms with Crippen molar-refractivity contribution in [2.75, 3.05) is 6.61 Å². The quantitative estimate of drug-likeness (QED) is 0.275. The molecule has 0 aromatic heterocycles. The summed E-state index contributed by atoms with van der Waals surface area (Å²) < 4.78 is 5.56. The maximum atomic E-state index is 5.56. The number of hydrogen-bond donors (Lipinski definition) is 0. The van der Waals surface area contributed by atoms with Gasteiger partial charge in [0.25, 0.3) is 0 Å². The minimum Gasteiger partial charge on any atom is -0.379 e. The molecule has 1 unspecified atom stereocenters.